The minimum atomic E-state index is 0.550. The Balaban J connectivity index is 2.33. The molecule has 0 fully saturated rings. The molecule has 1 aromatic carbocycles. The predicted molar refractivity (Wildman–Crippen MR) is 72.5 cm³/mol. The van der Waals surface area contributed by atoms with Crippen LogP contribution in [0, 0.1) is 6.92 Å². The van der Waals surface area contributed by atoms with E-state index >= 15 is 0 Å². The molecule has 1 heterocycles. The molecule has 2 rings (SSSR count). The molecule has 0 aliphatic rings. The molecule has 0 saturated carbocycles. The van der Waals surface area contributed by atoms with Crippen LogP contribution in [0.25, 0.3) is 0 Å². The summed E-state index contributed by atoms with van der Waals surface area (Å²) < 4.78 is 0. The topological polar surface area (TPSA) is 42.1 Å². The second-order valence-corrected chi connectivity index (χ2v) is 4.02. The Morgan fingerprint density at radius 3 is 2.24 bits per heavy atom. The summed E-state index contributed by atoms with van der Waals surface area (Å²) in [5.74, 6) is 0.550. The minimum absolute atomic E-state index is 0.550. The lowest BCUT2D eigenvalue weighted by molar-refractivity contribution is 1.02. The summed E-state index contributed by atoms with van der Waals surface area (Å²) >= 11 is 0. The molecule has 0 spiro atoms. The van der Waals surface area contributed by atoms with E-state index in [0.717, 1.165) is 12.2 Å². The summed E-state index contributed by atoms with van der Waals surface area (Å²) in [5, 5.41) is 0. The maximum absolute atomic E-state index is 5.60. The maximum Gasteiger partial charge on any atom is 0.123 e. The number of hydrogen-bond donors (Lipinski definition) is 1. The predicted octanol–water partition coefficient (Wildman–Crippen LogP) is 3.13. The van der Waals surface area contributed by atoms with Gasteiger partial charge in [0.1, 0.15) is 5.82 Å². The van der Waals surface area contributed by atoms with E-state index in [2.05, 4.69) is 48.0 Å². The van der Waals surface area contributed by atoms with E-state index in [0.29, 0.717) is 5.82 Å². The zero-order chi connectivity index (χ0) is 12.3. The van der Waals surface area contributed by atoms with Crippen LogP contribution in [0.1, 0.15) is 12.5 Å². The molecule has 0 aliphatic heterocycles. The summed E-state index contributed by atoms with van der Waals surface area (Å²) in [6.45, 7) is 5.11. The Bertz CT molecular complexity index is 428. The number of nitrogen functional groups attached to an aromatic ring is 1. The summed E-state index contributed by atoms with van der Waals surface area (Å²) in [5.41, 5.74) is 9.09. The highest BCUT2D eigenvalue weighted by atomic mass is 15.1. The molecule has 3 nitrogen and oxygen atoms in total. The number of aryl methyl sites for hydroxylation is 1. The number of nitrogens with zero attached hydrogens (tertiary/aromatic N) is 2. The fourth-order valence-electron chi connectivity index (χ4n) is 1.80. The molecule has 17 heavy (non-hydrogen) atoms. The number of rotatable bonds is 3. The summed E-state index contributed by atoms with van der Waals surface area (Å²) in [4.78, 5) is 6.33. The number of anilines is 3. The van der Waals surface area contributed by atoms with Crippen molar-refractivity contribution in [3.63, 3.8) is 0 Å². The first-order chi connectivity index (χ1) is 8.20. The average molecular weight is 227 g/mol. The van der Waals surface area contributed by atoms with Crippen molar-refractivity contribution in [2.75, 3.05) is 17.2 Å². The molecular formula is C14H17N3. The number of nitrogens with two attached hydrogens (primary N) is 1. The van der Waals surface area contributed by atoms with Crippen molar-refractivity contribution in [3.8, 4) is 0 Å². The second kappa shape index (κ2) is 4.87. The molecule has 2 N–H and O–H groups in total. The van der Waals surface area contributed by atoms with Crippen molar-refractivity contribution in [3.05, 3.63) is 48.2 Å². The molecule has 0 radical (unpaired) electrons. The van der Waals surface area contributed by atoms with Gasteiger partial charge in [0.2, 0.25) is 0 Å². The van der Waals surface area contributed by atoms with Crippen LogP contribution < -0.4 is 10.6 Å². The van der Waals surface area contributed by atoms with Gasteiger partial charge in [-0.05, 0) is 38.1 Å². The van der Waals surface area contributed by atoms with Gasteiger partial charge in [-0.2, -0.15) is 0 Å². The first kappa shape index (κ1) is 11.5. The molecule has 88 valence electrons. The van der Waals surface area contributed by atoms with Gasteiger partial charge in [-0.1, -0.05) is 17.7 Å². The number of benzene rings is 1. The molecule has 0 bridgehead atoms. The molecule has 0 amide bonds. The molecular weight excluding hydrogens is 210 g/mol. The van der Waals surface area contributed by atoms with Gasteiger partial charge < -0.3 is 10.6 Å². The standard InChI is InChI=1S/C14H17N3/c1-3-17(12-6-4-11(2)5-7-12)13-8-9-14(15)16-10-13/h4-10H,3H2,1-2H3,(H2,15,16). The number of hydrogen-bond acceptors (Lipinski definition) is 3. The maximum atomic E-state index is 5.60. The molecule has 3 heteroatoms. The Morgan fingerprint density at radius 2 is 1.71 bits per heavy atom. The van der Waals surface area contributed by atoms with E-state index in [1.54, 1.807) is 6.20 Å². The fraction of sp³-hybridized carbons (Fsp3) is 0.214. The van der Waals surface area contributed by atoms with E-state index in [1.807, 2.05) is 12.1 Å². The van der Waals surface area contributed by atoms with E-state index < -0.39 is 0 Å². The number of aromatic nitrogens is 1. The van der Waals surface area contributed by atoms with E-state index in [4.69, 9.17) is 5.73 Å². The zero-order valence-electron chi connectivity index (χ0n) is 10.2. The summed E-state index contributed by atoms with van der Waals surface area (Å²) in [7, 11) is 0. The third-order valence-electron chi connectivity index (χ3n) is 2.74. The smallest absolute Gasteiger partial charge is 0.123 e. The zero-order valence-corrected chi connectivity index (χ0v) is 10.2. The van der Waals surface area contributed by atoms with E-state index in [9.17, 15) is 0 Å². The largest absolute Gasteiger partial charge is 0.384 e. The Labute approximate surface area is 102 Å². The molecule has 0 aliphatic carbocycles. The van der Waals surface area contributed by atoms with Crippen LogP contribution in [0.15, 0.2) is 42.6 Å². The lowest BCUT2D eigenvalue weighted by Crippen LogP contribution is -2.16. The van der Waals surface area contributed by atoms with Gasteiger partial charge in [-0.25, -0.2) is 4.98 Å². The average Bonchev–Trinajstić information content (AvgIpc) is 2.35. The van der Waals surface area contributed by atoms with Gasteiger partial charge in [0, 0.05) is 12.2 Å². The second-order valence-electron chi connectivity index (χ2n) is 4.02. The van der Waals surface area contributed by atoms with Gasteiger partial charge in [-0.15, -0.1) is 0 Å². The van der Waals surface area contributed by atoms with Crippen LogP contribution in [0.5, 0.6) is 0 Å². The normalized spacial score (nSPS) is 10.2. The Morgan fingerprint density at radius 1 is 1.06 bits per heavy atom. The van der Waals surface area contributed by atoms with Crippen LogP contribution in [0.2, 0.25) is 0 Å². The van der Waals surface area contributed by atoms with Crippen LogP contribution >= 0.6 is 0 Å². The van der Waals surface area contributed by atoms with Gasteiger partial charge in [0.25, 0.3) is 0 Å². The Kier molecular flexibility index (Phi) is 3.28. The van der Waals surface area contributed by atoms with Crippen molar-refractivity contribution < 1.29 is 0 Å². The van der Waals surface area contributed by atoms with E-state index in [1.165, 1.54) is 11.3 Å². The van der Waals surface area contributed by atoms with Crippen molar-refractivity contribution >= 4 is 17.2 Å². The van der Waals surface area contributed by atoms with E-state index in [-0.39, 0.29) is 0 Å². The highest BCUT2D eigenvalue weighted by molar-refractivity contribution is 5.63. The van der Waals surface area contributed by atoms with Crippen molar-refractivity contribution in [2.24, 2.45) is 0 Å². The fourth-order valence-corrected chi connectivity index (χ4v) is 1.80. The quantitative estimate of drug-likeness (QED) is 0.876. The molecule has 2 aromatic rings. The summed E-state index contributed by atoms with van der Waals surface area (Å²) in [6, 6.07) is 12.3. The first-order valence-corrected chi connectivity index (χ1v) is 5.76. The van der Waals surface area contributed by atoms with Crippen LogP contribution in [0.4, 0.5) is 17.2 Å². The minimum Gasteiger partial charge on any atom is -0.384 e. The molecule has 1 aromatic heterocycles. The monoisotopic (exact) mass is 227 g/mol. The van der Waals surface area contributed by atoms with Gasteiger partial charge >= 0.3 is 0 Å². The van der Waals surface area contributed by atoms with Crippen LogP contribution in [0.3, 0.4) is 0 Å². The molecule has 0 saturated heterocycles. The van der Waals surface area contributed by atoms with Crippen molar-refractivity contribution in [1.29, 1.82) is 0 Å². The third-order valence-corrected chi connectivity index (χ3v) is 2.74. The molecule has 0 unspecified atom stereocenters. The van der Waals surface area contributed by atoms with Gasteiger partial charge in [-0.3, -0.25) is 0 Å². The third kappa shape index (κ3) is 2.56. The first-order valence-electron chi connectivity index (χ1n) is 5.76. The van der Waals surface area contributed by atoms with Gasteiger partial charge in [0.15, 0.2) is 0 Å². The molecule has 0 atom stereocenters. The van der Waals surface area contributed by atoms with Crippen LogP contribution in [-0.4, -0.2) is 11.5 Å². The number of pyridine rings is 1. The van der Waals surface area contributed by atoms with Gasteiger partial charge in [0.05, 0.1) is 11.9 Å². The highest BCUT2D eigenvalue weighted by Crippen LogP contribution is 2.24. The lowest BCUT2D eigenvalue weighted by atomic mass is 10.2. The highest BCUT2D eigenvalue weighted by Gasteiger charge is 2.06. The summed E-state index contributed by atoms with van der Waals surface area (Å²) in [6.07, 6.45) is 1.80. The SMILES string of the molecule is CCN(c1ccc(C)cc1)c1ccc(N)nc1. The Hall–Kier alpha value is -2.03. The van der Waals surface area contributed by atoms with Crippen molar-refractivity contribution in [2.45, 2.75) is 13.8 Å². The van der Waals surface area contributed by atoms with Crippen molar-refractivity contribution in [1.82, 2.24) is 4.98 Å². The lowest BCUT2D eigenvalue weighted by Gasteiger charge is -2.23. The van der Waals surface area contributed by atoms with Crippen LogP contribution in [-0.2, 0) is 0 Å².